The number of fused-ring (bicyclic) bond motifs is 5. The average Bonchev–Trinajstić information content (AvgIpc) is 2.79. The van der Waals surface area contributed by atoms with E-state index in [4.69, 9.17) is 0 Å². The highest BCUT2D eigenvalue weighted by Gasteiger charge is 2.67. The van der Waals surface area contributed by atoms with Crippen LogP contribution in [0.1, 0.15) is 65.2 Å². The van der Waals surface area contributed by atoms with Crippen molar-refractivity contribution in [3.8, 4) is 0 Å². The van der Waals surface area contributed by atoms with E-state index in [-0.39, 0.29) is 17.3 Å². The summed E-state index contributed by atoms with van der Waals surface area (Å²) in [5.41, 5.74) is -1.73. The molecule has 0 aromatic heterocycles. The maximum atomic E-state index is 12.4. The number of hydrogen-bond acceptors (Lipinski definition) is 4. The molecule has 0 bridgehead atoms. The van der Waals surface area contributed by atoms with Crippen LogP contribution in [0, 0.1) is 28.6 Å². The van der Waals surface area contributed by atoms with Gasteiger partial charge in [0.2, 0.25) is 0 Å². The van der Waals surface area contributed by atoms with Crippen LogP contribution in [0.2, 0.25) is 0 Å². The fourth-order valence-electron chi connectivity index (χ4n) is 7.03. The van der Waals surface area contributed by atoms with Gasteiger partial charge in [-0.3, -0.25) is 4.79 Å². The molecule has 3 N–H and O–H groups in total. The molecular formula is C19H30O4. The Bertz CT molecular complexity index is 533. The zero-order chi connectivity index (χ0) is 16.6. The van der Waals surface area contributed by atoms with Gasteiger partial charge in [0.05, 0.1) is 17.8 Å². The number of rotatable bonds is 0. The fraction of sp³-hybridized carbons (Fsp3) is 0.947. The topological polar surface area (TPSA) is 77.8 Å². The number of ketones is 1. The summed E-state index contributed by atoms with van der Waals surface area (Å²) in [6, 6.07) is 0. The molecule has 0 radical (unpaired) electrons. The Morgan fingerprint density at radius 1 is 1.04 bits per heavy atom. The minimum absolute atomic E-state index is 0.207. The van der Waals surface area contributed by atoms with E-state index in [0.29, 0.717) is 42.8 Å². The van der Waals surface area contributed by atoms with Crippen LogP contribution < -0.4 is 0 Å². The molecule has 0 spiro atoms. The lowest BCUT2D eigenvalue weighted by Gasteiger charge is -2.64. The molecule has 0 amide bonds. The summed E-state index contributed by atoms with van der Waals surface area (Å²) in [6.45, 7) is 4.25. The van der Waals surface area contributed by atoms with Crippen LogP contribution in [0.4, 0.5) is 0 Å². The molecule has 23 heavy (non-hydrogen) atoms. The third-order valence-corrected chi connectivity index (χ3v) is 8.54. The van der Waals surface area contributed by atoms with Crippen molar-refractivity contribution in [2.45, 2.75) is 83.0 Å². The first kappa shape index (κ1) is 16.0. The van der Waals surface area contributed by atoms with Crippen molar-refractivity contribution in [1.29, 1.82) is 0 Å². The number of carbonyl (C=O) groups is 1. The van der Waals surface area contributed by atoms with Crippen molar-refractivity contribution < 1.29 is 20.1 Å². The highest BCUT2D eigenvalue weighted by atomic mass is 16.3. The molecule has 4 saturated carbocycles. The molecule has 4 rings (SSSR count). The van der Waals surface area contributed by atoms with E-state index in [1.807, 2.05) is 0 Å². The zero-order valence-corrected chi connectivity index (χ0v) is 14.3. The van der Waals surface area contributed by atoms with Crippen LogP contribution in [0.25, 0.3) is 0 Å². The van der Waals surface area contributed by atoms with E-state index in [1.54, 1.807) is 0 Å². The van der Waals surface area contributed by atoms with Crippen LogP contribution in [0.15, 0.2) is 0 Å². The molecule has 4 aliphatic carbocycles. The normalized spacial score (nSPS) is 59.2. The second-order valence-corrected chi connectivity index (χ2v) is 9.28. The molecule has 0 unspecified atom stereocenters. The number of carbonyl (C=O) groups excluding carboxylic acids is 1. The Morgan fingerprint density at radius 3 is 2.52 bits per heavy atom. The number of Topliss-reactive ketones (excluding diaryl/α,β-unsaturated/α-hetero) is 1. The van der Waals surface area contributed by atoms with Gasteiger partial charge in [-0.2, -0.15) is 0 Å². The Kier molecular flexibility index (Phi) is 3.35. The molecule has 0 aromatic carbocycles. The summed E-state index contributed by atoms with van der Waals surface area (Å²) in [6.07, 6.45) is 4.54. The zero-order valence-electron chi connectivity index (χ0n) is 14.3. The lowest BCUT2D eigenvalue weighted by molar-refractivity contribution is -0.262. The highest BCUT2D eigenvalue weighted by molar-refractivity contribution is 5.87. The lowest BCUT2D eigenvalue weighted by Crippen LogP contribution is -2.68. The molecule has 8 atom stereocenters. The molecule has 4 aliphatic rings. The first-order valence-corrected chi connectivity index (χ1v) is 9.34. The van der Waals surface area contributed by atoms with Gasteiger partial charge in [-0.25, -0.2) is 0 Å². The molecule has 0 aliphatic heterocycles. The minimum Gasteiger partial charge on any atom is -0.393 e. The molecule has 4 fully saturated rings. The van der Waals surface area contributed by atoms with Crippen molar-refractivity contribution in [2.75, 3.05) is 0 Å². The van der Waals surface area contributed by atoms with Gasteiger partial charge >= 0.3 is 0 Å². The smallest absolute Gasteiger partial charge is 0.139 e. The molecule has 0 aromatic rings. The molecular weight excluding hydrogens is 292 g/mol. The summed E-state index contributed by atoms with van der Waals surface area (Å²) in [5, 5.41) is 32.2. The van der Waals surface area contributed by atoms with Crippen molar-refractivity contribution >= 4 is 5.78 Å². The highest BCUT2D eigenvalue weighted by Crippen LogP contribution is 2.66. The summed E-state index contributed by atoms with van der Waals surface area (Å²) in [5.74, 6) is 1.44. The van der Waals surface area contributed by atoms with E-state index < -0.39 is 17.8 Å². The molecule has 4 nitrogen and oxygen atoms in total. The van der Waals surface area contributed by atoms with Gasteiger partial charge in [0, 0.05) is 23.7 Å². The standard InChI is InChI=1S/C19H30O4/c1-17-7-6-14-12(13(17)3-4-15(17)21)9-16(22)19(23)10-11(20)5-8-18(14,19)2/h11-14,16,20,22-23H,3-10H2,1-2H3/t11-,12+,13+,14+,16-,17-,18+,19-/m0/s1. The Labute approximate surface area is 138 Å². The van der Waals surface area contributed by atoms with E-state index in [2.05, 4.69) is 13.8 Å². The Balaban J connectivity index is 1.72. The SMILES string of the molecule is C[C@]12CC[C@@H]3[C@H](C[C@H](O)[C@@]4(O)C[C@@H](O)CC[C@]34C)[C@H]1CCC2=O. The number of hydrogen-bond donors (Lipinski definition) is 3. The van der Waals surface area contributed by atoms with Crippen molar-refractivity contribution in [2.24, 2.45) is 28.6 Å². The molecule has 4 heteroatoms. The number of aliphatic hydroxyl groups is 3. The third kappa shape index (κ3) is 1.86. The first-order chi connectivity index (χ1) is 10.7. The van der Waals surface area contributed by atoms with Crippen LogP contribution >= 0.6 is 0 Å². The largest absolute Gasteiger partial charge is 0.393 e. The van der Waals surface area contributed by atoms with Gasteiger partial charge in [0.25, 0.3) is 0 Å². The Hall–Kier alpha value is -0.450. The van der Waals surface area contributed by atoms with Gasteiger partial charge in [-0.05, 0) is 56.3 Å². The van der Waals surface area contributed by atoms with E-state index in [9.17, 15) is 20.1 Å². The van der Waals surface area contributed by atoms with Crippen LogP contribution in [-0.2, 0) is 4.79 Å². The van der Waals surface area contributed by atoms with Crippen molar-refractivity contribution in [3.05, 3.63) is 0 Å². The third-order valence-electron chi connectivity index (χ3n) is 8.54. The summed E-state index contributed by atoms with van der Waals surface area (Å²) in [7, 11) is 0. The predicted molar refractivity (Wildman–Crippen MR) is 85.6 cm³/mol. The van der Waals surface area contributed by atoms with Gasteiger partial charge in [-0.15, -0.1) is 0 Å². The second kappa shape index (κ2) is 4.80. The minimum atomic E-state index is -1.18. The van der Waals surface area contributed by atoms with Gasteiger partial charge in [0.1, 0.15) is 5.78 Å². The quantitative estimate of drug-likeness (QED) is 0.638. The first-order valence-electron chi connectivity index (χ1n) is 9.34. The molecule has 0 heterocycles. The lowest BCUT2D eigenvalue weighted by atomic mass is 9.43. The summed E-state index contributed by atoms with van der Waals surface area (Å²) in [4.78, 5) is 12.4. The van der Waals surface area contributed by atoms with Crippen LogP contribution in [-0.4, -0.2) is 38.9 Å². The second-order valence-electron chi connectivity index (χ2n) is 9.28. The monoisotopic (exact) mass is 322 g/mol. The van der Waals surface area contributed by atoms with Crippen LogP contribution in [0.3, 0.4) is 0 Å². The maximum absolute atomic E-state index is 12.4. The van der Waals surface area contributed by atoms with Crippen molar-refractivity contribution in [1.82, 2.24) is 0 Å². The summed E-state index contributed by atoms with van der Waals surface area (Å²) >= 11 is 0. The van der Waals surface area contributed by atoms with Crippen LogP contribution in [0.5, 0.6) is 0 Å². The van der Waals surface area contributed by atoms with Gasteiger partial charge in [0.15, 0.2) is 0 Å². The molecule has 130 valence electrons. The fourth-order valence-corrected chi connectivity index (χ4v) is 7.03. The van der Waals surface area contributed by atoms with E-state index in [0.717, 1.165) is 25.7 Å². The van der Waals surface area contributed by atoms with Gasteiger partial charge < -0.3 is 15.3 Å². The predicted octanol–water partition coefficient (Wildman–Crippen LogP) is 2.04. The van der Waals surface area contributed by atoms with Crippen molar-refractivity contribution in [3.63, 3.8) is 0 Å². The Morgan fingerprint density at radius 2 is 1.78 bits per heavy atom. The number of aliphatic hydroxyl groups excluding tert-OH is 2. The van der Waals surface area contributed by atoms with E-state index in [1.165, 1.54) is 0 Å². The average molecular weight is 322 g/mol. The van der Waals surface area contributed by atoms with Gasteiger partial charge in [-0.1, -0.05) is 13.8 Å². The van der Waals surface area contributed by atoms with E-state index >= 15 is 0 Å². The maximum Gasteiger partial charge on any atom is 0.139 e. The summed E-state index contributed by atoms with van der Waals surface area (Å²) < 4.78 is 0. The molecule has 0 saturated heterocycles.